The fraction of sp³-hybridized carbons (Fsp3) is 0.381. The minimum Gasteiger partial charge on any atom is -0.333 e. The van der Waals surface area contributed by atoms with Crippen LogP contribution in [0.1, 0.15) is 48.2 Å². The van der Waals surface area contributed by atoms with Crippen molar-refractivity contribution >= 4 is 5.78 Å². The molecular weight excluding hydrogens is 282 g/mol. The number of carbonyl (C=O) groups excluding carboxylic acids is 1. The molecule has 0 spiro atoms. The Balaban J connectivity index is 2.02. The van der Waals surface area contributed by atoms with Gasteiger partial charge in [-0.05, 0) is 38.8 Å². The van der Waals surface area contributed by atoms with Gasteiger partial charge < -0.3 is 5.32 Å². The highest BCUT2D eigenvalue weighted by Crippen LogP contribution is 2.34. The Bertz CT molecular complexity index is 662. The molecule has 2 N–H and O–H groups in total. The molecule has 1 aliphatic heterocycles. The molecule has 0 aliphatic carbocycles. The van der Waals surface area contributed by atoms with Gasteiger partial charge in [-0.2, -0.15) is 0 Å². The van der Waals surface area contributed by atoms with Crippen LogP contribution in [0.4, 0.5) is 0 Å². The number of carbonyl (C=O) groups is 1. The predicted molar refractivity (Wildman–Crippen MR) is 93.1 cm³/mol. The van der Waals surface area contributed by atoms with Crippen LogP contribution in [0.5, 0.6) is 0 Å². The molecule has 4 atom stereocenters. The summed E-state index contributed by atoms with van der Waals surface area (Å²) in [4.78, 5) is 12.9. The van der Waals surface area contributed by atoms with Crippen molar-refractivity contribution in [2.75, 3.05) is 0 Å². The van der Waals surface area contributed by atoms with E-state index < -0.39 is 0 Å². The number of nitrogens with two attached hydrogens (primary N) is 1. The molecule has 0 amide bonds. The number of hydrogen-bond donors (Lipinski definition) is 1. The fourth-order valence-electron chi connectivity index (χ4n) is 3.99. The standard InChI is InChI=1S/C21H25NO/c1-13-9-5-7-11-17(13)19-15(3)21(23)16(4)20(22-19)18-12-8-6-10-14(18)2/h5-12,15-16,19-20,22H,1-4H3/p+1/t15-,16-,19+,20+/m1/s1. The van der Waals surface area contributed by atoms with Crippen molar-refractivity contribution in [2.45, 2.75) is 39.8 Å². The highest BCUT2D eigenvalue weighted by molar-refractivity contribution is 5.84. The molecule has 0 aromatic heterocycles. The summed E-state index contributed by atoms with van der Waals surface area (Å²) < 4.78 is 0. The van der Waals surface area contributed by atoms with Gasteiger partial charge in [0.15, 0.2) is 5.78 Å². The summed E-state index contributed by atoms with van der Waals surface area (Å²) in [5.41, 5.74) is 5.12. The molecule has 120 valence electrons. The zero-order chi connectivity index (χ0) is 16.6. The Morgan fingerprint density at radius 3 is 1.52 bits per heavy atom. The Hall–Kier alpha value is -1.93. The molecule has 2 aromatic rings. The van der Waals surface area contributed by atoms with Crippen molar-refractivity contribution in [3.05, 3.63) is 70.8 Å². The lowest BCUT2D eigenvalue weighted by Crippen LogP contribution is -2.91. The highest BCUT2D eigenvalue weighted by atomic mass is 16.1. The second kappa shape index (κ2) is 6.29. The lowest BCUT2D eigenvalue weighted by molar-refractivity contribution is -0.748. The minimum atomic E-state index is 0.0476. The van der Waals surface area contributed by atoms with Crippen LogP contribution in [-0.4, -0.2) is 5.78 Å². The normalized spacial score (nSPS) is 27.9. The molecule has 3 rings (SSSR count). The van der Waals surface area contributed by atoms with Gasteiger partial charge >= 0.3 is 0 Å². The minimum absolute atomic E-state index is 0.0476. The average molecular weight is 308 g/mol. The second-order valence-corrected chi connectivity index (χ2v) is 6.94. The maximum absolute atomic E-state index is 12.9. The Morgan fingerprint density at radius 2 is 1.13 bits per heavy atom. The molecule has 2 heteroatoms. The van der Waals surface area contributed by atoms with Crippen LogP contribution in [0.2, 0.25) is 0 Å². The lowest BCUT2D eigenvalue weighted by Gasteiger charge is -2.37. The highest BCUT2D eigenvalue weighted by Gasteiger charge is 2.44. The van der Waals surface area contributed by atoms with E-state index in [4.69, 9.17) is 0 Å². The van der Waals surface area contributed by atoms with Crippen LogP contribution in [0, 0.1) is 25.7 Å². The number of quaternary nitrogens is 1. The predicted octanol–water partition coefficient (Wildman–Crippen LogP) is 3.50. The first-order valence-corrected chi connectivity index (χ1v) is 8.50. The summed E-state index contributed by atoms with van der Waals surface area (Å²) in [6.07, 6.45) is 0. The first-order valence-electron chi connectivity index (χ1n) is 8.50. The number of Topliss-reactive ketones (excluding diaryl/α,β-unsaturated/α-hetero) is 1. The Kier molecular flexibility index (Phi) is 4.36. The molecule has 1 saturated heterocycles. The van der Waals surface area contributed by atoms with Crippen LogP contribution in [0.25, 0.3) is 0 Å². The number of ketones is 1. The molecule has 1 heterocycles. The zero-order valence-electron chi connectivity index (χ0n) is 14.4. The summed E-state index contributed by atoms with van der Waals surface area (Å²) in [5.74, 6) is 0.478. The monoisotopic (exact) mass is 308 g/mol. The van der Waals surface area contributed by atoms with E-state index in [1.807, 2.05) is 0 Å². The van der Waals surface area contributed by atoms with Gasteiger partial charge in [0.1, 0.15) is 12.1 Å². The first-order chi connectivity index (χ1) is 11.0. The number of aryl methyl sites for hydroxylation is 2. The van der Waals surface area contributed by atoms with E-state index in [0.29, 0.717) is 5.78 Å². The molecule has 2 aromatic carbocycles. The van der Waals surface area contributed by atoms with Gasteiger partial charge in [-0.1, -0.05) is 48.5 Å². The van der Waals surface area contributed by atoms with Gasteiger partial charge in [0.25, 0.3) is 0 Å². The van der Waals surface area contributed by atoms with Crippen molar-refractivity contribution < 1.29 is 10.1 Å². The lowest BCUT2D eigenvalue weighted by atomic mass is 9.75. The van der Waals surface area contributed by atoms with E-state index in [1.54, 1.807) is 0 Å². The number of benzene rings is 2. The van der Waals surface area contributed by atoms with E-state index >= 15 is 0 Å². The molecule has 0 unspecified atom stereocenters. The number of piperidine rings is 1. The van der Waals surface area contributed by atoms with Crippen LogP contribution in [0.3, 0.4) is 0 Å². The third-order valence-electron chi connectivity index (χ3n) is 5.48. The van der Waals surface area contributed by atoms with Gasteiger partial charge in [-0.3, -0.25) is 4.79 Å². The van der Waals surface area contributed by atoms with Crippen molar-refractivity contribution in [1.29, 1.82) is 0 Å². The third kappa shape index (κ3) is 2.84. The molecule has 23 heavy (non-hydrogen) atoms. The van der Waals surface area contributed by atoms with Crippen molar-refractivity contribution in [3.63, 3.8) is 0 Å². The van der Waals surface area contributed by atoms with Crippen molar-refractivity contribution in [2.24, 2.45) is 11.8 Å². The van der Waals surface area contributed by atoms with Gasteiger partial charge in [0.05, 0.1) is 11.8 Å². The van der Waals surface area contributed by atoms with Gasteiger partial charge in [0, 0.05) is 11.1 Å². The summed E-state index contributed by atoms with van der Waals surface area (Å²) in [6, 6.07) is 17.3. The quantitative estimate of drug-likeness (QED) is 0.905. The summed E-state index contributed by atoms with van der Waals surface area (Å²) in [5, 5.41) is 2.42. The SMILES string of the molecule is Cc1ccccc1[C@H]1[NH2+][C@H](c2ccccc2C)[C@@H](C)C(=O)[C@@H]1C. The van der Waals surface area contributed by atoms with E-state index in [1.165, 1.54) is 22.3 Å². The molecular formula is C21H26NO+. The van der Waals surface area contributed by atoms with E-state index in [-0.39, 0.29) is 23.9 Å². The smallest absolute Gasteiger partial charge is 0.151 e. The van der Waals surface area contributed by atoms with Crippen LogP contribution >= 0.6 is 0 Å². The van der Waals surface area contributed by atoms with Gasteiger partial charge in [-0.25, -0.2) is 0 Å². The van der Waals surface area contributed by atoms with Crippen LogP contribution < -0.4 is 5.32 Å². The number of hydrogen-bond acceptors (Lipinski definition) is 1. The van der Waals surface area contributed by atoms with Crippen molar-refractivity contribution in [1.82, 2.24) is 0 Å². The van der Waals surface area contributed by atoms with Gasteiger partial charge in [-0.15, -0.1) is 0 Å². The molecule has 1 aliphatic rings. The molecule has 0 saturated carbocycles. The Labute approximate surface area is 138 Å². The molecule has 0 bridgehead atoms. The topological polar surface area (TPSA) is 33.7 Å². The zero-order valence-corrected chi connectivity index (χ0v) is 14.4. The van der Waals surface area contributed by atoms with E-state index in [9.17, 15) is 4.79 Å². The van der Waals surface area contributed by atoms with E-state index in [2.05, 4.69) is 81.5 Å². The van der Waals surface area contributed by atoms with Crippen molar-refractivity contribution in [3.8, 4) is 0 Å². The van der Waals surface area contributed by atoms with Crippen LogP contribution in [-0.2, 0) is 4.79 Å². The third-order valence-corrected chi connectivity index (χ3v) is 5.48. The largest absolute Gasteiger partial charge is 0.333 e. The summed E-state index contributed by atoms with van der Waals surface area (Å²) in [7, 11) is 0. The molecule has 1 fully saturated rings. The van der Waals surface area contributed by atoms with Gasteiger partial charge in [0.2, 0.25) is 0 Å². The summed E-state index contributed by atoms with van der Waals surface area (Å²) in [6.45, 7) is 8.45. The molecule has 2 nitrogen and oxygen atoms in total. The summed E-state index contributed by atoms with van der Waals surface area (Å²) >= 11 is 0. The number of rotatable bonds is 2. The first kappa shape index (κ1) is 15.9. The maximum atomic E-state index is 12.9. The second-order valence-electron chi connectivity index (χ2n) is 6.94. The molecule has 0 radical (unpaired) electrons. The maximum Gasteiger partial charge on any atom is 0.151 e. The fourth-order valence-corrected chi connectivity index (χ4v) is 3.99. The van der Waals surface area contributed by atoms with Crippen LogP contribution in [0.15, 0.2) is 48.5 Å². The Morgan fingerprint density at radius 1 is 0.739 bits per heavy atom. The van der Waals surface area contributed by atoms with E-state index in [0.717, 1.165) is 0 Å². The average Bonchev–Trinajstić information content (AvgIpc) is 2.55.